The van der Waals surface area contributed by atoms with E-state index in [9.17, 15) is 9.18 Å². The fraction of sp³-hybridized carbons (Fsp3) is 0.240. The van der Waals surface area contributed by atoms with Crippen LogP contribution >= 0.6 is 0 Å². The molecule has 0 saturated carbocycles. The summed E-state index contributed by atoms with van der Waals surface area (Å²) in [4.78, 5) is 21.8. The summed E-state index contributed by atoms with van der Waals surface area (Å²) in [7, 11) is 0. The molecule has 3 heterocycles. The Kier molecular flexibility index (Phi) is 5.99. The number of halogens is 1. The van der Waals surface area contributed by atoms with Crippen molar-refractivity contribution in [2.24, 2.45) is 0 Å². The van der Waals surface area contributed by atoms with Crippen LogP contribution in [0.2, 0.25) is 0 Å². The molecule has 0 unspecified atom stereocenters. The molecule has 172 valence electrons. The van der Waals surface area contributed by atoms with Gasteiger partial charge in [0, 0.05) is 43.5 Å². The van der Waals surface area contributed by atoms with Crippen molar-refractivity contribution in [2.75, 3.05) is 31.1 Å². The lowest BCUT2D eigenvalue weighted by atomic mass is 10.1. The van der Waals surface area contributed by atoms with Gasteiger partial charge in [-0.15, -0.1) is 10.2 Å². The first-order chi connectivity index (χ1) is 16.6. The first-order valence-electron chi connectivity index (χ1n) is 11.2. The predicted octanol–water partition coefficient (Wildman–Crippen LogP) is 3.20. The number of hydrogen-bond acceptors (Lipinski definition) is 6. The van der Waals surface area contributed by atoms with E-state index in [4.69, 9.17) is 4.98 Å². The number of amides is 1. The summed E-state index contributed by atoms with van der Waals surface area (Å²) in [5, 5.41) is 12.7. The van der Waals surface area contributed by atoms with Crippen LogP contribution in [0.15, 0.2) is 66.9 Å². The summed E-state index contributed by atoms with van der Waals surface area (Å²) in [5.74, 6) is 1.58. The Labute approximate surface area is 196 Å². The van der Waals surface area contributed by atoms with E-state index in [-0.39, 0.29) is 18.3 Å². The topological polar surface area (TPSA) is 80.0 Å². The molecule has 34 heavy (non-hydrogen) atoms. The fourth-order valence-corrected chi connectivity index (χ4v) is 4.03. The number of nitrogens with zero attached hydrogens (tertiary/aromatic N) is 7. The Balaban J connectivity index is 1.36. The van der Waals surface area contributed by atoms with Gasteiger partial charge in [0.15, 0.2) is 17.5 Å². The van der Waals surface area contributed by atoms with Crippen molar-refractivity contribution in [3.63, 3.8) is 0 Å². The monoisotopic (exact) mass is 457 g/mol. The van der Waals surface area contributed by atoms with Crippen LogP contribution in [0.4, 0.5) is 10.2 Å². The van der Waals surface area contributed by atoms with Gasteiger partial charge in [0.2, 0.25) is 5.91 Å². The Morgan fingerprint density at radius 2 is 1.76 bits per heavy atom. The van der Waals surface area contributed by atoms with Crippen molar-refractivity contribution in [3.8, 4) is 22.8 Å². The molecular formula is C25H24FN7O. The molecular weight excluding hydrogens is 433 g/mol. The highest BCUT2D eigenvalue weighted by Gasteiger charge is 2.24. The van der Waals surface area contributed by atoms with Gasteiger partial charge in [-0.25, -0.2) is 14.1 Å². The van der Waals surface area contributed by atoms with Crippen molar-refractivity contribution in [2.45, 2.75) is 13.5 Å². The number of benzene rings is 2. The highest BCUT2D eigenvalue weighted by molar-refractivity contribution is 5.77. The fourth-order valence-electron chi connectivity index (χ4n) is 4.03. The van der Waals surface area contributed by atoms with Crippen molar-refractivity contribution in [1.29, 1.82) is 0 Å². The van der Waals surface area contributed by atoms with Crippen LogP contribution in [-0.2, 0) is 11.3 Å². The summed E-state index contributed by atoms with van der Waals surface area (Å²) in [6, 6.07) is 18.2. The van der Waals surface area contributed by atoms with E-state index in [1.54, 1.807) is 29.9 Å². The van der Waals surface area contributed by atoms with Crippen LogP contribution < -0.4 is 4.90 Å². The molecule has 2 aromatic heterocycles. The van der Waals surface area contributed by atoms with Crippen LogP contribution in [-0.4, -0.2) is 61.9 Å². The molecule has 1 saturated heterocycles. The molecule has 4 aromatic rings. The highest BCUT2D eigenvalue weighted by Crippen LogP contribution is 2.24. The first-order valence-corrected chi connectivity index (χ1v) is 11.2. The molecule has 0 N–H and O–H groups in total. The number of rotatable bonds is 5. The molecule has 0 atom stereocenters. The van der Waals surface area contributed by atoms with Gasteiger partial charge in [-0.2, -0.15) is 5.10 Å². The Bertz CT molecular complexity index is 1290. The third-order valence-electron chi connectivity index (χ3n) is 5.92. The minimum Gasteiger partial charge on any atom is -0.352 e. The number of hydrogen-bond donors (Lipinski definition) is 0. The van der Waals surface area contributed by atoms with Crippen LogP contribution in [0, 0.1) is 12.7 Å². The molecule has 2 aromatic carbocycles. The molecule has 9 heteroatoms. The lowest BCUT2D eigenvalue weighted by molar-refractivity contribution is -0.132. The number of piperazine rings is 1. The number of aryl methyl sites for hydroxylation is 1. The molecule has 8 nitrogen and oxygen atoms in total. The molecule has 0 radical (unpaired) electrons. The lowest BCUT2D eigenvalue weighted by Gasteiger charge is -2.35. The predicted molar refractivity (Wildman–Crippen MR) is 126 cm³/mol. The molecule has 1 aliphatic rings. The Morgan fingerprint density at radius 1 is 0.971 bits per heavy atom. The van der Waals surface area contributed by atoms with Gasteiger partial charge in [0.25, 0.3) is 0 Å². The van der Waals surface area contributed by atoms with E-state index in [2.05, 4.69) is 20.2 Å². The normalized spacial score (nSPS) is 13.8. The van der Waals surface area contributed by atoms with E-state index >= 15 is 0 Å². The van der Waals surface area contributed by atoms with E-state index < -0.39 is 0 Å². The molecule has 0 aliphatic carbocycles. The molecule has 0 bridgehead atoms. The van der Waals surface area contributed by atoms with Crippen molar-refractivity contribution >= 4 is 11.7 Å². The average molecular weight is 458 g/mol. The smallest absolute Gasteiger partial charge is 0.244 e. The van der Waals surface area contributed by atoms with Gasteiger partial charge in [-0.1, -0.05) is 30.3 Å². The van der Waals surface area contributed by atoms with Crippen LogP contribution in [0.25, 0.3) is 22.8 Å². The zero-order valence-corrected chi connectivity index (χ0v) is 18.8. The maximum absolute atomic E-state index is 13.8. The van der Waals surface area contributed by atoms with Gasteiger partial charge in [-0.3, -0.25) is 4.79 Å². The largest absolute Gasteiger partial charge is 0.352 e. The van der Waals surface area contributed by atoms with Crippen molar-refractivity contribution < 1.29 is 9.18 Å². The second-order valence-electron chi connectivity index (χ2n) is 8.20. The Morgan fingerprint density at radius 3 is 2.47 bits per heavy atom. The maximum atomic E-state index is 13.8. The van der Waals surface area contributed by atoms with Gasteiger partial charge < -0.3 is 9.80 Å². The average Bonchev–Trinajstić information content (AvgIpc) is 3.30. The van der Waals surface area contributed by atoms with Gasteiger partial charge in [0.05, 0.1) is 0 Å². The summed E-state index contributed by atoms with van der Waals surface area (Å²) in [6.07, 6.45) is 1.65. The van der Waals surface area contributed by atoms with Crippen molar-refractivity contribution in [3.05, 3.63) is 78.2 Å². The summed E-state index contributed by atoms with van der Waals surface area (Å²) in [5.41, 5.74) is 2.09. The molecule has 1 fully saturated rings. The van der Waals surface area contributed by atoms with Gasteiger partial charge >= 0.3 is 0 Å². The summed E-state index contributed by atoms with van der Waals surface area (Å²) < 4.78 is 15.4. The van der Waals surface area contributed by atoms with Crippen LogP contribution in [0.5, 0.6) is 0 Å². The maximum Gasteiger partial charge on any atom is 0.244 e. The zero-order chi connectivity index (χ0) is 23.5. The number of aromatic nitrogens is 5. The molecule has 5 rings (SSSR count). The molecule has 1 amide bonds. The quantitative estimate of drug-likeness (QED) is 0.458. The lowest BCUT2D eigenvalue weighted by Crippen LogP contribution is -2.50. The van der Waals surface area contributed by atoms with Crippen LogP contribution in [0.3, 0.4) is 0 Å². The van der Waals surface area contributed by atoms with E-state index in [1.807, 2.05) is 47.4 Å². The first kappa shape index (κ1) is 21.7. The van der Waals surface area contributed by atoms with Crippen LogP contribution in [0.1, 0.15) is 5.56 Å². The van der Waals surface area contributed by atoms with Gasteiger partial charge in [-0.05, 0) is 42.8 Å². The second kappa shape index (κ2) is 9.38. The number of carbonyl (C=O) groups is 1. The summed E-state index contributed by atoms with van der Waals surface area (Å²) >= 11 is 0. The molecule has 0 spiro atoms. The highest BCUT2D eigenvalue weighted by atomic mass is 19.1. The third kappa shape index (κ3) is 4.50. The standard InChI is InChI=1S/C25H24FN7O/c1-18-16-20(9-10-21(18)26)24-28-25(19-6-3-2-4-7-19)33(30-24)17-23(34)32-14-12-31(13-15-32)22-8-5-11-27-29-22/h2-11,16H,12-15,17H2,1H3. The Hall–Kier alpha value is -4.14. The van der Waals surface area contributed by atoms with E-state index in [0.717, 1.165) is 11.4 Å². The number of anilines is 1. The minimum absolute atomic E-state index is 0.0253. The number of carbonyl (C=O) groups excluding carboxylic acids is 1. The minimum atomic E-state index is -0.276. The van der Waals surface area contributed by atoms with E-state index in [1.165, 1.54) is 6.07 Å². The van der Waals surface area contributed by atoms with E-state index in [0.29, 0.717) is 49.0 Å². The van der Waals surface area contributed by atoms with Crippen molar-refractivity contribution in [1.82, 2.24) is 29.9 Å². The molecule has 1 aliphatic heterocycles. The second-order valence-corrected chi connectivity index (χ2v) is 8.20. The SMILES string of the molecule is Cc1cc(-c2nc(-c3ccccc3)n(CC(=O)N3CCN(c4cccnn4)CC3)n2)ccc1F. The summed E-state index contributed by atoms with van der Waals surface area (Å²) in [6.45, 7) is 4.34. The zero-order valence-electron chi connectivity index (χ0n) is 18.8. The third-order valence-corrected chi connectivity index (χ3v) is 5.92. The van der Waals surface area contributed by atoms with Gasteiger partial charge in [0.1, 0.15) is 12.4 Å².